The number of aryl methyl sites for hydroxylation is 1. The lowest BCUT2D eigenvalue weighted by Gasteiger charge is -2.04. The van der Waals surface area contributed by atoms with Gasteiger partial charge in [0.2, 0.25) is 0 Å². The number of nitrogens with one attached hydrogen (secondary N) is 2. The van der Waals surface area contributed by atoms with Crippen molar-refractivity contribution in [3.63, 3.8) is 0 Å². The molecule has 2 N–H and O–H groups in total. The Morgan fingerprint density at radius 1 is 1.15 bits per heavy atom. The molecule has 138 valence electrons. The number of hydrogen-bond acceptors (Lipinski definition) is 7. The molecule has 2 amide bonds. The highest BCUT2D eigenvalue weighted by Gasteiger charge is 2.18. The van der Waals surface area contributed by atoms with E-state index < -0.39 is 11.9 Å². The molecule has 0 unspecified atom stereocenters. The van der Waals surface area contributed by atoms with Crippen LogP contribution in [0.4, 0.5) is 5.13 Å². The van der Waals surface area contributed by atoms with E-state index in [1.165, 1.54) is 0 Å². The topological polar surface area (TPSA) is 107 Å². The molecule has 0 aliphatic carbocycles. The molecule has 8 nitrogen and oxygen atoms in total. The molecular weight excluding hydrogens is 358 g/mol. The summed E-state index contributed by atoms with van der Waals surface area (Å²) in [6.07, 6.45) is 0. The van der Waals surface area contributed by atoms with Gasteiger partial charge in [0.25, 0.3) is 11.8 Å². The van der Waals surface area contributed by atoms with E-state index in [-0.39, 0.29) is 19.1 Å². The Labute approximate surface area is 154 Å². The third-order valence-electron chi connectivity index (χ3n) is 3.27. The van der Waals surface area contributed by atoms with Crippen LogP contribution in [-0.4, -0.2) is 43.0 Å². The van der Waals surface area contributed by atoms with E-state index in [0.29, 0.717) is 27.0 Å². The van der Waals surface area contributed by atoms with E-state index in [4.69, 9.17) is 9.47 Å². The van der Waals surface area contributed by atoms with Crippen LogP contribution in [-0.2, 0) is 9.53 Å². The minimum atomic E-state index is -0.518. The standard InChI is InChI=1S/C17H19N3O5S/c1-4-25-13(21)9-18-16(23)14-10(2)19-17(26-14)20-15(22)11-5-7-12(24-3)8-6-11/h5-8H,4,9H2,1-3H3,(H,18,23)(H,19,20,22). The van der Waals surface area contributed by atoms with Crippen molar-refractivity contribution >= 4 is 34.3 Å². The third kappa shape index (κ3) is 5.03. The lowest BCUT2D eigenvalue weighted by atomic mass is 10.2. The highest BCUT2D eigenvalue weighted by Crippen LogP contribution is 2.23. The maximum absolute atomic E-state index is 12.2. The fraction of sp³-hybridized carbons (Fsp3) is 0.294. The minimum Gasteiger partial charge on any atom is -0.497 e. The van der Waals surface area contributed by atoms with Gasteiger partial charge in [-0.3, -0.25) is 19.7 Å². The largest absolute Gasteiger partial charge is 0.497 e. The van der Waals surface area contributed by atoms with Gasteiger partial charge in [-0.05, 0) is 38.1 Å². The first-order valence-corrected chi connectivity index (χ1v) is 8.63. The SMILES string of the molecule is CCOC(=O)CNC(=O)c1sc(NC(=O)c2ccc(OC)cc2)nc1C. The van der Waals surface area contributed by atoms with Crippen molar-refractivity contribution in [1.29, 1.82) is 0 Å². The molecule has 1 aromatic carbocycles. The number of amides is 2. The van der Waals surface area contributed by atoms with E-state index in [2.05, 4.69) is 15.6 Å². The average molecular weight is 377 g/mol. The van der Waals surface area contributed by atoms with E-state index in [0.717, 1.165) is 11.3 Å². The average Bonchev–Trinajstić information content (AvgIpc) is 3.00. The zero-order valence-corrected chi connectivity index (χ0v) is 15.4. The van der Waals surface area contributed by atoms with E-state index in [1.807, 2.05) is 0 Å². The smallest absolute Gasteiger partial charge is 0.325 e. The molecule has 0 bridgehead atoms. The summed E-state index contributed by atoms with van der Waals surface area (Å²) in [4.78, 5) is 40.2. The highest BCUT2D eigenvalue weighted by atomic mass is 32.1. The summed E-state index contributed by atoms with van der Waals surface area (Å²) in [6.45, 7) is 3.36. The Balaban J connectivity index is 2.01. The molecule has 0 saturated heterocycles. The van der Waals surface area contributed by atoms with Crippen LogP contribution in [0.2, 0.25) is 0 Å². The molecule has 2 aromatic rings. The zero-order chi connectivity index (χ0) is 19.1. The Morgan fingerprint density at radius 2 is 1.85 bits per heavy atom. The number of aromatic nitrogens is 1. The van der Waals surface area contributed by atoms with Gasteiger partial charge in [0.1, 0.15) is 17.2 Å². The van der Waals surface area contributed by atoms with E-state index >= 15 is 0 Å². The number of rotatable bonds is 7. The predicted molar refractivity (Wildman–Crippen MR) is 96.8 cm³/mol. The minimum absolute atomic E-state index is 0.225. The van der Waals surface area contributed by atoms with Crippen molar-refractivity contribution in [2.75, 3.05) is 25.6 Å². The number of thiazole rings is 1. The molecule has 9 heteroatoms. The number of benzene rings is 1. The molecule has 0 aliphatic heterocycles. The quantitative estimate of drug-likeness (QED) is 0.715. The second kappa shape index (κ2) is 8.95. The Hall–Kier alpha value is -2.94. The zero-order valence-electron chi connectivity index (χ0n) is 14.6. The van der Waals surface area contributed by atoms with Crippen LogP contribution in [0.15, 0.2) is 24.3 Å². The van der Waals surface area contributed by atoms with Crippen LogP contribution in [0.5, 0.6) is 5.75 Å². The van der Waals surface area contributed by atoms with Crippen molar-refractivity contribution in [3.8, 4) is 5.75 Å². The number of hydrogen-bond donors (Lipinski definition) is 2. The van der Waals surface area contributed by atoms with Gasteiger partial charge in [0, 0.05) is 5.56 Å². The normalized spacial score (nSPS) is 10.1. The third-order valence-corrected chi connectivity index (χ3v) is 4.35. The number of esters is 1. The molecule has 2 rings (SSSR count). The predicted octanol–water partition coefficient (Wildman–Crippen LogP) is 2.01. The Kier molecular flexibility index (Phi) is 6.67. The van der Waals surface area contributed by atoms with Crippen molar-refractivity contribution < 1.29 is 23.9 Å². The van der Waals surface area contributed by atoms with Gasteiger partial charge in [-0.2, -0.15) is 0 Å². The molecule has 0 saturated carbocycles. The summed E-state index contributed by atoms with van der Waals surface area (Å²) < 4.78 is 9.80. The van der Waals surface area contributed by atoms with Crippen LogP contribution < -0.4 is 15.4 Å². The number of ether oxygens (including phenoxy) is 2. The molecule has 0 fully saturated rings. The summed E-state index contributed by atoms with van der Waals surface area (Å²) >= 11 is 1.03. The summed E-state index contributed by atoms with van der Waals surface area (Å²) in [5, 5.41) is 5.41. The molecule has 0 aliphatic rings. The van der Waals surface area contributed by atoms with E-state index in [1.54, 1.807) is 45.2 Å². The first-order valence-electron chi connectivity index (χ1n) is 7.81. The lowest BCUT2D eigenvalue weighted by Crippen LogP contribution is -2.30. The van der Waals surface area contributed by atoms with Gasteiger partial charge in [0.05, 0.1) is 19.4 Å². The van der Waals surface area contributed by atoms with Gasteiger partial charge >= 0.3 is 5.97 Å². The molecule has 26 heavy (non-hydrogen) atoms. The van der Waals surface area contributed by atoms with Gasteiger partial charge in [-0.1, -0.05) is 11.3 Å². The lowest BCUT2D eigenvalue weighted by molar-refractivity contribution is -0.141. The van der Waals surface area contributed by atoms with Crippen molar-refractivity contribution in [2.45, 2.75) is 13.8 Å². The Bertz CT molecular complexity index is 801. The molecule has 1 heterocycles. The number of methoxy groups -OCH3 is 1. The van der Waals surface area contributed by atoms with Gasteiger partial charge in [0.15, 0.2) is 5.13 Å². The van der Waals surface area contributed by atoms with Crippen molar-refractivity contribution in [2.24, 2.45) is 0 Å². The maximum Gasteiger partial charge on any atom is 0.325 e. The maximum atomic E-state index is 12.2. The van der Waals surface area contributed by atoms with Crippen LogP contribution in [0.3, 0.4) is 0 Å². The van der Waals surface area contributed by atoms with E-state index in [9.17, 15) is 14.4 Å². The van der Waals surface area contributed by atoms with Crippen molar-refractivity contribution in [1.82, 2.24) is 10.3 Å². The number of carbonyl (C=O) groups is 3. The summed E-state index contributed by atoms with van der Waals surface area (Å²) in [5.74, 6) is -0.666. The van der Waals surface area contributed by atoms with Gasteiger partial charge < -0.3 is 14.8 Å². The van der Waals surface area contributed by atoms with Crippen LogP contribution >= 0.6 is 11.3 Å². The first-order chi connectivity index (χ1) is 12.4. The summed E-state index contributed by atoms with van der Waals surface area (Å²) in [7, 11) is 1.54. The van der Waals surface area contributed by atoms with Crippen molar-refractivity contribution in [3.05, 3.63) is 40.4 Å². The molecular formula is C17H19N3O5S. The fourth-order valence-electron chi connectivity index (χ4n) is 2.02. The monoisotopic (exact) mass is 377 g/mol. The molecule has 1 aromatic heterocycles. The molecule has 0 radical (unpaired) electrons. The number of anilines is 1. The van der Waals surface area contributed by atoms with Crippen LogP contribution in [0, 0.1) is 6.92 Å². The number of carbonyl (C=O) groups excluding carboxylic acids is 3. The molecule has 0 atom stereocenters. The second-order valence-corrected chi connectivity index (χ2v) is 6.10. The second-order valence-electron chi connectivity index (χ2n) is 5.10. The summed E-state index contributed by atoms with van der Waals surface area (Å²) in [5.41, 5.74) is 0.897. The van der Waals surface area contributed by atoms with Crippen LogP contribution in [0.1, 0.15) is 32.6 Å². The van der Waals surface area contributed by atoms with Gasteiger partial charge in [-0.25, -0.2) is 4.98 Å². The highest BCUT2D eigenvalue weighted by molar-refractivity contribution is 7.17. The van der Waals surface area contributed by atoms with Gasteiger partial charge in [-0.15, -0.1) is 0 Å². The Morgan fingerprint density at radius 3 is 2.46 bits per heavy atom. The summed E-state index contributed by atoms with van der Waals surface area (Å²) in [6, 6.07) is 6.61. The fourth-order valence-corrected chi connectivity index (χ4v) is 2.89. The molecule has 0 spiro atoms. The first kappa shape index (κ1) is 19.4. The number of nitrogens with zero attached hydrogens (tertiary/aromatic N) is 1. The van der Waals surface area contributed by atoms with Crippen LogP contribution in [0.25, 0.3) is 0 Å².